The van der Waals surface area contributed by atoms with Crippen LogP contribution >= 0.6 is 15.9 Å². The van der Waals surface area contributed by atoms with E-state index in [0.717, 1.165) is 11.0 Å². The van der Waals surface area contributed by atoms with E-state index in [2.05, 4.69) is 73.2 Å². The van der Waals surface area contributed by atoms with Gasteiger partial charge in [-0.3, -0.25) is 0 Å². The molecule has 0 saturated carbocycles. The van der Waals surface area contributed by atoms with Crippen LogP contribution in [0.4, 0.5) is 0 Å². The fourth-order valence-electron chi connectivity index (χ4n) is 1.54. The van der Waals surface area contributed by atoms with Gasteiger partial charge in [0.05, 0.1) is 0 Å². The van der Waals surface area contributed by atoms with Crippen LogP contribution in [0.5, 0.6) is 0 Å². The summed E-state index contributed by atoms with van der Waals surface area (Å²) in [5, 5.41) is 3.48. The third kappa shape index (κ3) is 5.05. The van der Waals surface area contributed by atoms with Gasteiger partial charge >= 0.3 is 0 Å². The standard InChI is InChI=1S/C15H22BrN/c1-11(2)14(10-17-12(3)4)9-13-7-5-6-8-15(13)16/h5-9,11-12,17H,10H2,1-4H3. The van der Waals surface area contributed by atoms with Crippen molar-refractivity contribution in [1.82, 2.24) is 5.32 Å². The van der Waals surface area contributed by atoms with Crippen LogP contribution in [-0.2, 0) is 0 Å². The summed E-state index contributed by atoms with van der Waals surface area (Å²) in [6.07, 6.45) is 2.28. The maximum Gasteiger partial charge on any atom is 0.0247 e. The third-order valence-corrected chi connectivity index (χ3v) is 3.42. The fraction of sp³-hybridized carbons (Fsp3) is 0.467. The minimum absolute atomic E-state index is 0.524. The zero-order valence-corrected chi connectivity index (χ0v) is 12.7. The van der Waals surface area contributed by atoms with Crippen LogP contribution in [0.1, 0.15) is 33.3 Å². The molecule has 0 spiro atoms. The first-order chi connectivity index (χ1) is 8.00. The average Bonchev–Trinajstić information content (AvgIpc) is 2.25. The van der Waals surface area contributed by atoms with Gasteiger partial charge in [-0.15, -0.1) is 0 Å². The second kappa shape index (κ2) is 6.97. The Bertz CT molecular complexity index is 380. The predicted molar refractivity (Wildman–Crippen MR) is 80.1 cm³/mol. The van der Waals surface area contributed by atoms with Crippen molar-refractivity contribution in [2.75, 3.05) is 6.54 Å². The minimum Gasteiger partial charge on any atom is -0.311 e. The van der Waals surface area contributed by atoms with Crippen LogP contribution in [0.15, 0.2) is 34.3 Å². The second-order valence-electron chi connectivity index (χ2n) is 4.93. The molecule has 0 radical (unpaired) electrons. The molecule has 0 aliphatic rings. The lowest BCUT2D eigenvalue weighted by molar-refractivity contribution is 0.593. The number of hydrogen-bond acceptors (Lipinski definition) is 1. The van der Waals surface area contributed by atoms with Gasteiger partial charge in [-0.05, 0) is 17.5 Å². The number of hydrogen-bond donors (Lipinski definition) is 1. The quantitative estimate of drug-likeness (QED) is 0.844. The van der Waals surface area contributed by atoms with Gasteiger partial charge in [-0.25, -0.2) is 0 Å². The molecule has 0 unspecified atom stereocenters. The molecule has 1 aromatic carbocycles. The normalized spacial score (nSPS) is 12.5. The Morgan fingerprint density at radius 1 is 1.24 bits per heavy atom. The highest BCUT2D eigenvalue weighted by atomic mass is 79.9. The monoisotopic (exact) mass is 295 g/mol. The molecule has 1 nitrogen and oxygen atoms in total. The highest BCUT2D eigenvalue weighted by molar-refractivity contribution is 9.10. The molecule has 1 N–H and O–H groups in total. The summed E-state index contributed by atoms with van der Waals surface area (Å²) in [5.74, 6) is 0.563. The van der Waals surface area contributed by atoms with E-state index in [1.807, 2.05) is 6.07 Å². The van der Waals surface area contributed by atoms with Gasteiger partial charge < -0.3 is 5.32 Å². The van der Waals surface area contributed by atoms with E-state index in [9.17, 15) is 0 Å². The van der Waals surface area contributed by atoms with Crippen molar-refractivity contribution >= 4 is 22.0 Å². The topological polar surface area (TPSA) is 12.0 Å². The summed E-state index contributed by atoms with van der Waals surface area (Å²) in [6.45, 7) is 9.79. The molecule has 1 aromatic rings. The van der Waals surface area contributed by atoms with Crippen LogP contribution in [0.25, 0.3) is 6.08 Å². The highest BCUT2D eigenvalue weighted by Crippen LogP contribution is 2.21. The largest absolute Gasteiger partial charge is 0.311 e. The molecule has 0 amide bonds. The van der Waals surface area contributed by atoms with Crippen LogP contribution in [0.3, 0.4) is 0 Å². The number of benzene rings is 1. The van der Waals surface area contributed by atoms with E-state index in [1.165, 1.54) is 11.1 Å². The lowest BCUT2D eigenvalue weighted by atomic mass is 10.00. The summed E-state index contributed by atoms with van der Waals surface area (Å²) in [5.41, 5.74) is 2.69. The molecule has 2 heteroatoms. The molecule has 0 bridgehead atoms. The fourth-order valence-corrected chi connectivity index (χ4v) is 1.93. The Labute approximate surface area is 113 Å². The van der Waals surface area contributed by atoms with E-state index in [4.69, 9.17) is 0 Å². The van der Waals surface area contributed by atoms with E-state index in [0.29, 0.717) is 12.0 Å². The Kier molecular flexibility index (Phi) is 5.93. The molecule has 1 rings (SSSR count). The first-order valence-electron chi connectivity index (χ1n) is 6.19. The lowest BCUT2D eigenvalue weighted by Gasteiger charge is -2.15. The highest BCUT2D eigenvalue weighted by Gasteiger charge is 2.05. The third-order valence-electron chi connectivity index (χ3n) is 2.70. The summed E-state index contributed by atoms with van der Waals surface area (Å²) >= 11 is 3.59. The Morgan fingerprint density at radius 2 is 1.88 bits per heavy atom. The van der Waals surface area contributed by atoms with Gasteiger partial charge in [0, 0.05) is 17.1 Å². The van der Waals surface area contributed by atoms with Gasteiger partial charge in [-0.1, -0.05) is 73.5 Å². The zero-order valence-electron chi connectivity index (χ0n) is 11.1. The number of rotatable bonds is 5. The van der Waals surface area contributed by atoms with Crippen molar-refractivity contribution in [3.8, 4) is 0 Å². The van der Waals surface area contributed by atoms with Gasteiger partial charge in [0.15, 0.2) is 0 Å². The van der Waals surface area contributed by atoms with E-state index < -0.39 is 0 Å². The maximum atomic E-state index is 3.59. The molecule has 0 aliphatic heterocycles. The van der Waals surface area contributed by atoms with Crippen molar-refractivity contribution in [3.63, 3.8) is 0 Å². The SMILES string of the molecule is CC(C)NCC(=Cc1ccccc1Br)C(C)C. The Morgan fingerprint density at radius 3 is 2.41 bits per heavy atom. The van der Waals surface area contributed by atoms with Gasteiger partial charge in [0.1, 0.15) is 0 Å². The smallest absolute Gasteiger partial charge is 0.0247 e. The first kappa shape index (κ1) is 14.5. The molecule has 17 heavy (non-hydrogen) atoms. The van der Waals surface area contributed by atoms with Gasteiger partial charge in [0.25, 0.3) is 0 Å². The number of nitrogens with one attached hydrogen (secondary N) is 1. The van der Waals surface area contributed by atoms with E-state index in [1.54, 1.807) is 0 Å². The molecule has 0 aromatic heterocycles. The molecule has 0 fully saturated rings. The van der Waals surface area contributed by atoms with E-state index in [-0.39, 0.29) is 0 Å². The van der Waals surface area contributed by atoms with Crippen LogP contribution in [-0.4, -0.2) is 12.6 Å². The van der Waals surface area contributed by atoms with Gasteiger partial charge in [-0.2, -0.15) is 0 Å². The number of halogens is 1. The molecule has 0 saturated heterocycles. The molecule has 0 heterocycles. The molecule has 0 aliphatic carbocycles. The first-order valence-corrected chi connectivity index (χ1v) is 6.98. The van der Waals surface area contributed by atoms with Crippen LogP contribution < -0.4 is 5.32 Å². The predicted octanol–water partition coefficient (Wildman–Crippen LogP) is 4.49. The van der Waals surface area contributed by atoms with E-state index >= 15 is 0 Å². The Hall–Kier alpha value is -0.600. The van der Waals surface area contributed by atoms with Crippen molar-refractivity contribution in [3.05, 3.63) is 39.9 Å². The summed E-state index contributed by atoms with van der Waals surface area (Å²) in [4.78, 5) is 0. The lowest BCUT2D eigenvalue weighted by Crippen LogP contribution is -2.26. The van der Waals surface area contributed by atoms with Crippen molar-refractivity contribution in [2.24, 2.45) is 5.92 Å². The average molecular weight is 296 g/mol. The molecular formula is C15H22BrN. The second-order valence-corrected chi connectivity index (χ2v) is 5.79. The Balaban J connectivity index is 2.87. The van der Waals surface area contributed by atoms with Crippen molar-refractivity contribution in [2.45, 2.75) is 33.7 Å². The molecular weight excluding hydrogens is 274 g/mol. The van der Waals surface area contributed by atoms with Crippen LogP contribution in [0.2, 0.25) is 0 Å². The van der Waals surface area contributed by atoms with Crippen molar-refractivity contribution in [1.29, 1.82) is 0 Å². The zero-order chi connectivity index (χ0) is 12.8. The minimum atomic E-state index is 0.524. The molecule has 94 valence electrons. The van der Waals surface area contributed by atoms with Crippen LogP contribution in [0, 0.1) is 5.92 Å². The van der Waals surface area contributed by atoms with Crippen molar-refractivity contribution < 1.29 is 0 Å². The summed E-state index contributed by atoms with van der Waals surface area (Å²) < 4.78 is 1.16. The maximum absolute atomic E-state index is 3.59. The summed E-state index contributed by atoms with van der Waals surface area (Å²) in [7, 11) is 0. The summed E-state index contributed by atoms with van der Waals surface area (Å²) in [6, 6.07) is 8.87. The molecule has 0 atom stereocenters. The van der Waals surface area contributed by atoms with Gasteiger partial charge in [0.2, 0.25) is 0 Å².